The molecule has 0 aliphatic rings. The summed E-state index contributed by atoms with van der Waals surface area (Å²) in [5.74, 6) is 0. The van der Waals surface area contributed by atoms with Crippen molar-refractivity contribution in [3.05, 3.63) is 36.9 Å². The van der Waals surface area contributed by atoms with Gasteiger partial charge in [0.15, 0.2) is 0 Å². The van der Waals surface area contributed by atoms with Crippen molar-refractivity contribution >= 4 is 28.3 Å². The predicted molar refractivity (Wildman–Crippen MR) is 55.3 cm³/mol. The molecule has 0 bridgehead atoms. The van der Waals surface area contributed by atoms with Crippen LogP contribution in [0.15, 0.2) is 12.1 Å². The van der Waals surface area contributed by atoms with Crippen LogP contribution >= 0.6 is 22.6 Å². The molecule has 0 N–H and O–H groups in total. The molecule has 3 nitrogen and oxygen atoms in total. The van der Waals surface area contributed by atoms with Crippen LogP contribution < -0.4 is 0 Å². The number of nitro groups is 1. The molecule has 0 saturated carbocycles. The van der Waals surface area contributed by atoms with Crippen molar-refractivity contribution in [1.82, 2.24) is 0 Å². The molecular weight excluding hydrogens is 269 g/mol. The molecule has 0 unspecified atom stereocenters. The van der Waals surface area contributed by atoms with Gasteiger partial charge in [-0.25, -0.2) is 0 Å². The van der Waals surface area contributed by atoms with Crippen molar-refractivity contribution in [2.75, 3.05) is 0 Å². The lowest BCUT2D eigenvalue weighted by molar-refractivity contribution is -0.385. The maximum Gasteiger partial charge on any atom is 0.273 e. The smallest absolute Gasteiger partial charge is 0.258 e. The molecule has 1 aromatic rings. The third-order valence-electron chi connectivity index (χ3n) is 1.80. The van der Waals surface area contributed by atoms with Crippen LogP contribution in [0.1, 0.15) is 11.1 Å². The lowest BCUT2D eigenvalue weighted by atomic mass is 10.1. The van der Waals surface area contributed by atoms with Crippen molar-refractivity contribution in [1.29, 1.82) is 0 Å². The summed E-state index contributed by atoms with van der Waals surface area (Å²) in [4.78, 5) is 10.2. The Morgan fingerprint density at radius 3 is 2.50 bits per heavy atom. The van der Waals surface area contributed by atoms with E-state index in [9.17, 15) is 10.1 Å². The van der Waals surface area contributed by atoms with Crippen LogP contribution in [0.3, 0.4) is 0 Å². The largest absolute Gasteiger partial charge is 0.273 e. The highest BCUT2D eigenvalue weighted by molar-refractivity contribution is 14.1. The van der Waals surface area contributed by atoms with Crippen LogP contribution in [0.4, 0.5) is 5.69 Å². The predicted octanol–water partition coefficient (Wildman–Crippen LogP) is 2.82. The fraction of sp³-hybridized carbons (Fsp3) is 0.250. The first kappa shape index (κ1) is 9.44. The summed E-state index contributed by atoms with van der Waals surface area (Å²) >= 11 is 2.08. The second-order valence-electron chi connectivity index (χ2n) is 2.62. The number of hydrogen-bond donors (Lipinski definition) is 0. The van der Waals surface area contributed by atoms with Gasteiger partial charge in [-0.15, -0.1) is 0 Å². The average molecular weight is 277 g/mol. The summed E-state index contributed by atoms with van der Waals surface area (Å²) in [6.45, 7) is 3.65. The van der Waals surface area contributed by atoms with Crippen molar-refractivity contribution in [3.8, 4) is 0 Å². The molecule has 0 heterocycles. The third kappa shape index (κ3) is 1.74. The molecule has 4 heteroatoms. The van der Waals surface area contributed by atoms with Gasteiger partial charge in [-0.1, -0.05) is 0 Å². The Bertz CT molecular complexity index is 336. The Hall–Kier alpha value is -0.650. The molecule has 1 rings (SSSR count). The lowest BCUT2D eigenvalue weighted by Gasteiger charge is -2.01. The van der Waals surface area contributed by atoms with E-state index in [0.717, 1.165) is 14.7 Å². The van der Waals surface area contributed by atoms with Gasteiger partial charge in [0, 0.05) is 15.2 Å². The molecule has 0 fully saturated rings. The Labute approximate surface area is 84.1 Å². The van der Waals surface area contributed by atoms with Gasteiger partial charge in [-0.05, 0) is 48.1 Å². The average Bonchev–Trinajstić information content (AvgIpc) is 1.96. The summed E-state index contributed by atoms with van der Waals surface area (Å²) in [7, 11) is 0. The number of rotatable bonds is 1. The zero-order chi connectivity index (χ0) is 9.30. The summed E-state index contributed by atoms with van der Waals surface area (Å²) in [6.07, 6.45) is 0. The normalized spacial score (nSPS) is 9.92. The number of aryl methyl sites for hydroxylation is 1. The first-order valence-electron chi connectivity index (χ1n) is 3.43. The summed E-state index contributed by atoms with van der Waals surface area (Å²) in [6, 6.07) is 3.52. The molecule has 0 aliphatic heterocycles. The van der Waals surface area contributed by atoms with Crippen LogP contribution in [0.25, 0.3) is 0 Å². The Morgan fingerprint density at radius 1 is 1.42 bits per heavy atom. The zero-order valence-corrected chi connectivity index (χ0v) is 8.95. The van der Waals surface area contributed by atoms with Gasteiger partial charge in [0.25, 0.3) is 5.69 Å². The fourth-order valence-electron chi connectivity index (χ4n) is 0.987. The topological polar surface area (TPSA) is 43.1 Å². The highest BCUT2D eigenvalue weighted by atomic mass is 127. The molecule has 0 radical (unpaired) electrons. The van der Waals surface area contributed by atoms with Crippen LogP contribution in [0.2, 0.25) is 0 Å². The second-order valence-corrected chi connectivity index (χ2v) is 3.87. The number of benzene rings is 1. The zero-order valence-electron chi connectivity index (χ0n) is 6.80. The van der Waals surface area contributed by atoms with Crippen molar-refractivity contribution in [3.63, 3.8) is 0 Å². The number of halogens is 1. The number of nitrogens with zero attached hydrogens (tertiary/aromatic N) is 1. The van der Waals surface area contributed by atoms with E-state index in [0.29, 0.717) is 0 Å². The highest BCUT2D eigenvalue weighted by Gasteiger charge is 2.12. The molecule has 0 spiro atoms. The van der Waals surface area contributed by atoms with Crippen molar-refractivity contribution < 1.29 is 4.92 Å². The first-order valence-corrected chi connectivity index (χ1v) is 4.51. The molecule has 0 saturated heterocycles. The molecule has 0 aromatic heterocycles. The fourth-order valence-corrected chi connectivity index (χ4v) is 1.75. The van der Waals surface area contributed by atoms with E-state index in [2.05, 4.69) is 22.6 Å². The van der Waals surface area contributed by atoms with Crippen molar-refractivity contribution in [2.45, 2.75) is 13.8 Å². The summed E-state index contributed by atoms with van der Waals surface area (Å²) in [5.41, 5.74) is 1.92. The quantitative estimate of drug-likeness (QED) is 0.450. The number of hydrogen-bond acceptors (Lipinski definition) is 2. The lowest BCUT2D eigenvalue weighted by Crippen LogP contribution is -1.94. The summed E-state index contributed by atoms with van der Waals surface area (Å²) < 4.78 is 0.905. The van der Waals surface area contributed by atoms with E-state index < -0.39 is 0 Å². The molecule has 0 atom stereocenters. The van der Waals surface area contributed by atoms with E-state index in [1.165, 1.54) is 0 Å². The maximum absolute atomic E-state index is 10.5. The van der Waals surface area contributed by atoms with Gasteiger partial charge in [0.1, 0.15) is 0 Å². The Morgan fingerprint density at radius 2 is 2.00 bits per heavy atom. The molecule has 64 valence electrons. The van der Waals surface area contributed by atoms with Crippen LogP contribution in [0, 0.1) is 27.5 Å². The second kappa shape index (κ2) is 3.38. The van der Waals surface area contributed by atoms with Gasteiger partial charge in [-0.2, -0.15) is 0 Å². The van der Waals surface area contributed by atoms with Crippen LogP contribution in [-0.4, -0.2) is 4.92 Å². The van der Waals surface area contributed by atoms with Crippen LogP contribution in [-0.2, 0) is 0 Å². The van der Waals surface area contributed by atoms with Crippen molar-refractivity contribution in [2.24, 2.45) is 0 Å². The minimum atomic E-state index is -0.343. The van der Waals surface area contributed by atoms with Gasteiger partial charge >= 0.3 is 0 Å². The maximum atomic E-state index is 10.5. The van der Waals surface area contributed by atoms with Gasteiger partial charge in [-0.3, -0.25) is 10.1 Å². The van der Waals surface area contributed by atoms with E-state index >= 15 is 0 Å². The van der Waals surface area contributed by atoms with Gasteiger partial charge in [0.2, 0.25) is 0 Å². The van der Waals surface area contributed by atoms with E-state index in [1.807, 2.05) is 13.0 Å². The molecule has 1 aromatic carbocycles. The van der Waals surface area contributed by atoms with Gasteiger partial charge < -0.3 is 0 Å². The molecule has 0 aliphatic carbocycles. The number of nitro benzene ring substituents is 1. The molecular formula is C8H8INO2. The first-order chi connectivity index (χ1) is 5.52. The standard InChI is InChI=1S/C8H8INO2/c1-5-3-7(9)4-8(6(5)2)10(11)12/h3-4H,1-2H3. The minimum Gasteiger partial charge on any atom is -0.258 e. The highest BCUT2D eigenvalue weighted by Crippen LogP contribution is 2.23. The van der Waals surface area contributed by atoms with Crippen LogP contribution in [0.5, 0.6) is 0 Å². The molecule has 0 amide bonds. The third-order valence-corrected chi connectivity index (χ3v) is 2.42. The molecule has 12 heavy (non-hydrogen) atoms. The Kier molecular flexibility index (Phi) is 2.66. The SMILES string of the molecule is Cc1cc(I)cc([N+](=O)[O-])c1C. The Balaban J connectivity index is 3.37. The minimum absolute atomic E-state index is 0.208. The summed E-state index contributed by atoms with van der Waals surface area (Å²) in [5, 5.41) is 10.5. The van der Waals surface area contributed by atoms with E-state index in [1.54, 1.807) is 13.0 Å². The van der Waals surface area contributed by atoms with E-state index in [-0.39, 0.29) is 10.6 Å². The monoisotopic (exact) mass is 277 g/mol. The van der Waals surface area contributed by atoms with Gasteiger partial charge in [0.05, 0.1) is 4.92 Å². The van der Waals surface area contributed by atoms with E-state index in [4.69, 9.17) is 0 Å².